The number of nitrogens with zero attached hydrogens (tertiary/aromatic N) is 1. The van der Waals surface area contributed by atoms with Gasteiger partial charge in [-0.05, 0) is 45.2 Å². The highest BCUT2D eigenvalue weighted by Crippen LogP contribution is 2.20. The maximum absolute atomic E-state index is 5.85. The molecule has 0 aromatic carbocycles. The van der Waals surface area contributed by atoms with Crippen LogP contribution in [0.4, 0.5) is 0 Å². The van der Waals surface area contributed by atoms with Gasteiger partial charge in [-0.2, -0.15) is 0 Å². The molecule has 2 rings (SSSR count). The van der Waals surface area contributed by atoms with E-state index in [0.717, 1.165) is 26.2 Å². The molecule has 0 radical (unpaired) electrons. The van der Waals surface area contributed by atoms with Crippen molar-refractivity contribution in [3.8, 4) is 0 Å². The minimum atomic E-state index is 0.534. The lowest BCUT2D eigenvalue weighted by Gasteiger charge is -2.11. The lowest BCUT2D eigenvalue weighted by Crippen LogP contribution is -2.22. The number of rotatable bonds is 7. The van der Waals surface area contributed by atoms with Crippen molar-refractivity contribution in [1.29, 1.82) is 0 Å². The molecule has 1 saturated carbocycles. The first-order valence-electron chi connectivity index (χ1n) is 7.70. The Labute approximate surface area is 117 Å². The van der Waals surface area contributed by atoms with Gasteiger partial charge in [-0.3, -0.25) is 0 Å². The number of hydrogen-bond acceptors (Lipinski definition) is 2. The summed E-state index contributed by atoms with van der Waals surface area (Å²) < 4.78 is 8.22. The predicted octanol–water partition coefficient (Wildman–Crippen LogP) is 3.17. The van der Waals surface area contributed by atoms with Crippen molar-refractivity contribution in [2.24, 2.45) is 0 Å². The first-order valence-corrected chi connectivity index (χ1v) is 7.70. The molecule has 1 aliphatic carbocycles. The van der Waals surface area contributed by atoms with E-state index in [1.54, 1.807) is 0 Å². The highest BCUT2D eigenvalue weighted by Gasteiger charge is 2.14. The van der Waals surface area contributed by atoms with Crippen LogP contribution >= 0.6 is 0 Å². The van der Waals surface area contributed by atoms with Gasteiger partial charge in [0.2, 0.25) is 0 Å². The van der Waals surface area contributed by atoms with Crippen LogP contribution in [0.15, 0.2) is 6.07 Å². The van der Waals surface area contributed by atoms with E-state index in [-0.39, 0.29) is 0 Å². The molecule has 0 saturated heterocycles. The molecule has 0 aliphatic heterocycles. The summed E-state index contributed by atoms with van der Waals surface area (Å²) in [7, 11) is 0. The molecule has 0 spiro atoms. The number of ether oxygens (including phenoxy) is 1. The van der Waals surface area contributed by atoms with Gasteiger partial charge in [-0.25, -0.2) is 0 Å². The molecule has 0 amide bonds. The van der Waals surface area contributed by atoms with E-state index in [0.29, 0.717) is 6.10 Å². The second-order valence-corrected chi connectivity index (χ2v) is 5.59. The van der Waals surface area contributed by atoms with E-state index in [4.69, 9.17) is 4.74 Å². The van der Waals surface area contributed by atoms with Crippen molar-refractivity contribution in [3.05, 3.63) is 23.0 Å². The highest BCUT2D eigenvalue weighted by atomic mass is 16.5. The molecule has 1 aliphatic rings. The van der Waals surface area contributed by atoms with Gasteiger partial charge in [0.25, 0.3) is 0 Å². The van der Waals surface area contributed by atoms with Gasteiger partial charge < -0.3 is 14.6 Å². The maximum Gasteiger partial charge on any atom is 0.0594 e. The number of aromatic nitrogens is 1. The lowest BCUT2D eigenvalue weighted by atomic mass is 10.2. The Morgan fingerprint density at radius 1 is 1.32 bits per heavy atom. The van der Waals surface area contributed by atoms with Crippen molar-refractivity contribution in [2.75, 3.05) is 13.2 Å². The average Bonchev–Trinajstić information content (AvgIpc) is 2.98. The quantitative estimate of drug-likeness (QED) is 0.766. The minimum Gasteiger partial charge on any atom is -0.377 e. The molecule has 0 unspecified atom stereocenters. The smallest absolute Gasteiger partial charge is 0.0594 e. The monoisotopic (exact) mass is 264 g/mol. The van der Waals surface area contributed by atoms with Gasteiger partial charge >= 0.3 is 0 Å². The Bertz CT molecular complexity index is 392. The van der Waals surface area contributed by atoms with Crippen LogP contribution in [0, 0.1) is 13.8 Å². The van der Waals surface area contributed by atoms with Gasteiger partial charge in [0.15, 0.2) is 0 Å². The second-order valence-electron chi connectivity index (χ2n) is 5.59. The fourth-order valence-electron chi connectivity index (χ4n) is 3.11. The second kappa shape index (κ2) is 7.11. The van der Waals surface area contributed by atoms with E-state index < -0.39 is 0 Å². The third-order valence-corrected chi connectivity index (χ3v) is 4.24. The molecule has 1 aromatic heterocycles. The summed E-state index contributed by atoms with van der Waals surface area (Å²) in [5.74, 6) is 0. The number of aryl methyl sites for hydroxylation is 1. The van der Waals surface area contributed by atoms with Crippen molar-refractivity contribution >= 4 is 0 Å². The first kappa shape index (κ1) is 14.6. The molecule has 0 atom stereocenters. The summed E-state index contributed by atoms with van der Waals surface area (Å²) in [6.07, 6.45) is 5.75. The third-order valence-electron chi connectivity index (χ3n) is 4.24. The highest BCUT2D eigenvalue weighted by molar-refractivity contribution is 5.26. The van der Waals surface area contributed by atoms with Crippen LogP contribution < -0.4 is 5.32 Å². The largest absolute Gasteiger partial charge is 0.377 e. The van der Waals surface area contributed by atoms with E-state index in [1.807, 2.05) is 0 Å². The van der Waals surface area contributed by atoms with Crippen LogP contribution in [-0.4, -0.2) is 23.8 Å². The molecule has 1 aromatic rings. The summed E-state index contributed by atoms with van der Waals surface area (Å²) >= 11 is 0. The molecular formula is C16H28N2O. The standard InChI is InChI=1S/C16H28N2O/c1-4-18-13(2)11-15(14(18)3)12-17-9-10-19-16-7-5-6-8-16/h11,16-17H,4-10,12H2,1-3H3. The number of hydrogen-bond donors (Lipinski definition) is 1. The Morgan fingerprint density at radius 3 is 2.68 bits per heavy atom. The Balaban J connectivity index is 1.67. The van der Waals surface area contributed by atoms with E-state index in [2.05, 4.69) is 36.7 Å². The van der Waals surface area contributed by atoms with Crippen LogP contribution in [0.25, 0.3) is 0 Å². The molecule has 108 valence electrons. The SMILES string of the molecule is CCn1c(C)cc(CNCCOC2CCCC2)c1C. The predicted molar refractivity (Wildman–Crippen MR) is 79.5 cm³/mol. The average molecular weight is 264 g/mol. The Hall–Kier alpha value is -0.800. The van der Waals surface area contributed by atoms with Crippen LogP contribution in [0.5, 0.6) is 0 Å². The van der Waals surface area contributed by atoms with E-state index in [9.17, 15) is 0 Å². The zero-order valence-electron chi connectivity index (χ0n) is 12.7. The van der Waals surface area contributed by atoms with Crippen molar-refractivity contribution in [3.63, 3.8) is 0 Å². The molecule has 3 heteroatoms. The zero-order valence-corrected chi connectivity index (χ0v) is 12.7. The van der Waals surface area contributed by atoms with Crippen molar-refractivity contribution < 1.29 is 4.74 Å². The summed E-state index contributed by atoms with van der Waals surface area (Å²) in [6, 6.07) is 2.30. The van der Waals surface area contributed by atoms with E-state index >= 15 is 0 Å². The fraction of sp³-hybridized carbons (Fsp3) is 0.750. The van der Waals surface area contributed by atoms with Crippen molar-refractivity contribution in [2.45, 2.75) is 65.6 Å². The molecule has 19 heavy (non-hydrogen) atoms. The van der Waals surface area contributed by atoms with Crippen LogP contribution in [0.1, 0.15) is 49.6 Å². The first-order chi connectivity index (χ1) is 9.22. The van der Waals surface area contributed by atoms with Gasteiger partial charge in [0.05, 0.1) is 12.7 Å². The molecular weight excluding hydrogens is 236 g/mol. The minimum absolute atomic E-state index is 0.534. The number of nitrogens with one attached hydrogen (secondary N) is 1. The van der Waals surface area contributed by atoms with Gasteiger partial charge in [-0.1, -0.05) is 12.8 Å². The summed E-state index contributed by atoms with van der Waals surface area (Å²) in [6.45, 7) is 10.4. The Kier molecular flexibility index (Phi) is 5.46. The molecule has 1 fully saturated rings. The lowest BCUT2D eigenvalue weighted by molar-refractivity contribution is 0.0602. The third kappa shape index (κ3) is 3.83. The van der Waals surface area contributed by atoms with Gasteiger partial charge in [-0.15, -0.1) is 0 Å². The van der Waals surface area contributed by atoms with E-state index in [1.165, 1.54) is 42.6 Å². The van der Waals surface area contributed by atoms with Crippen LogP contribution in [0.3, 0.4) is 0 Å². The molecule has 1 N–H and O–H groups in total. The van der Waals surface area contributed by atoms with Gasteiger partial charge in [0.1, 0.15) is 0 Å². The molecule has 0 bridgehead atoms. The summed E-state index contributed by atoms with van der Waals surface area (Å²) in [5.41, 5.74) is 4.17. The van der Waals surface area contributed by atoms with Gasteiger partial charge in [0, 0.05) is 31.0 Å². The summed E-state index contributed by atoms with van der Waals surface area (Å²) in [4.78, 5) is 0. The summed E-state index contributed by atoms with van der Waals surface area (Å²) in [5, 5.41) is 3.49. The fourth-order valence-corrected chi connectivity index (χ4v) is 3.11. The Morgan fingerprint density at radius 2 is 2.05 bits per heavy atom. The van der Waals surface area contributed by atoms with Crippen molar-refractivity contribution in [1.82, 2.24) is 9.88 Å². The van der Waals surface area contributed by atoms with Crippen LogP contribution in [-0.2, 0) is 17.8 Å². The zero-order chi connectivity index (χ0) is 13.7. The van der Waals surface area contributed by atoms with Crippen LogP contribution in [0.2, 0.25) is 0 Å². The topological polar surface area (TPSA) is 26.2 Å². The molecule has 3 nitrogen and oxygen atoms in total. The normalized spacial score (nSPS) is 16.4. The maximum atomic E-state index is 5.85. The molecule has 1 heterocycles.